The molecule has 168 valence electrons. The van der Waals surface area contributed by atoms with Gasteiger partial charge in [-0.05, 0) is 53.8 Å². The van der Waals surface area contributed by atoms with Crippen LogP contribution in [0, 0.1) is 6.92 Å². The number of nitrogens with zero attached hydrogens (tertiary/aromatic N) is 1. The predicted molar refractivity (Wildman–Crippen MR) is 130 cm³/mol. The van der Waals surface area contributed by atoms with Gasteiger partial charge in [0, 0.05) is 17.3 Å². The number of ether oxygens (including phenoxy) is 2. The van der Waals surface area contributed by atoms with Gasteiger partial charge < -0.3 is 19.4 Å². The van der Waals surface area contributed by atoms with Crippen molar-refractivity contribution in [2.75, 3.05) is 19.1 Å². The fourth-order valence-corrected chi connectivity index (χ4v) is 3.83. The van der Waals surface area contributed by atoms with Gasteiger partial charge in [0.05, 0.1) is 32.7 Å². The number of rotatable bonds is 7. The Morgan fingerprint density at radius 2 is 1.64 bits per heavy atom. The fourth-order valence-electron chi connectivity index (χ4n) is 3.83. The van der Waals surface area contributed by atoms with Crippen molar-refractivity contribution < 1.29 is 14.3 Å². The second-order valence-electron chi connectivity index (χ2n) is 7.87. The number of benzene rings is 3. The Morgan fingerprint density at radius 1 is 0.909 bits per heavy atom. The lowest BCUT2D eigenvalue weighted by Crippen LogP contribution is -2.34. The molecule has 0 aliphatic rings. The summed E-state index contributed by atoms with van der Waals surface area (Å²) < 4.78 is 10.6. The minimum Gasteiger partial charge on any atom is -0.497 e. The number of aromatic amines is 1. The SMILES string of the molecule is COc1ccc(CC(=O)N(Cc2cc3cccc(C)c3[nH]c2=O)c2cccc(OC)c2)cc1. The number of amides is 1. The molecule has 4 rings (SSSR count). The Morgan fingerprint density at radius 3 is 2.36 bits per heavy atom. The van der Waals surface area contributed by atoms with E-state index in [0.717, 1.165) is 27.8 Å². The van der Waals surface area contributed by atoms with Gasteiger partial charge in [-0.3, -0.25) is 9.59 Å². The van der Waals surface area contributed by atoms with Gasteiger partial charge in [-0.1, -0.05) is 36.4 Å². The third-order valence-corrected chi connectivity index (χ3v) is 5.67. The monoisotopic (exact) mass is 442 g/mol. The molecule has 0 radical (unpaired) electrons. The van der Waals surface area contributed by atoms with Gasteiger partial charge in [0.25, 0.3) is 5.56 Å². The van der Waals surface area contributed by atoms with E-state index in [0.29, 0.717) is 17.0 Å². The average molecular weight is 443 g/mol. The number of carbonyl (C=O) groups is 1. The standard InChI is InChI=1S/C27H26N2O4/c1-18-6-4-7-20-15-21(27(31)28-26(18)20)17-29(22-8-5-9-24(16-22)33-3)25(30)14-19-10-12-23(32-2)13-11-19/h4-13,15-16H,14,17H2,1-3H3,(H,28,31). The van der Waals surface area contributed by atoms with Crippen molar-refractivity contribution in [3.63, 3.8) is 0 Å². The lowest BCUT2D eigenvalue weighted by atomic mass is 10.1. The molecule has 0 aliphatic carbocycles. The Kier molecular flexibility index (Phi) is 6.45. The number of anilines is 1. The van der Waals surface area contributed by atoms with Gasteiger partial charge >= 0.3 is 0 Å². The number of hydrogen-bond donors (Lipinski definition) is 1. The van der Waals surface area contributed by atoms with Gasteiger partial charge in [-0.15, -0.1) is 0 Å². The highest BCUT2D eigenvalue weighted by molar-refractivity contribution is 5.95. The van der Waals surface area contributed by atoms with E-state index in [1.165, 1.54) is 0 Å². The molecule has 1 amide bonds. The van der Waals surface area contributed by atoms with E-state index < -0.39 is 0 Å². The third kappa shape index (κ3) is 4.90. The minimum atomic E-state index is -0.207. The van der Waals surface area contributed by atoms with Crippen molar-refractivity contribution in [3.05, 3.63) is 99.8 Å². The zero-order valence-corrected chi connectivity index (χ0v) is 18.9. The number of H-pyrrole nitrogens is 1. The lowest BCUT2D eigenvalue weighted by Gasteiger charge is -2.23. The quantitative estimate of drug-likeness (QED) is 0.453. The molecule has 33 heavy (non-hydrogen) atoms. The number of pyridine rings is 1. The fraction of sp³-hybridized carbons (Fsp3) is 0.185. The summed E-state index contributed by atoms with van der Waals surface area (Å²) in [4.78, 5) is 30.9. The molecule has 6 nitrogen and oxygen atoms in total. The van der Waals surface area contributed by atoms with Crippen LogP contribution >= 0.6 is 0 Å². The molecule has 4 aromatic rings. The van der Waals surface area contributed by atoms with Crippen molar-refractivity contribution in [2.45, 2.75) is 19.9 Å². The molecule has 0 saturated carbocycles. The summed E-state index contributed by atoms with van der Waals surface area (Å²) in [5.41, 5.74) is 3.63. The van der Waals surface area contributed by atoms with Gasteiger partial charge in [0.1, 0.15) is 11.5 Å². The number of fused-ring (bicyclic) bond motifs is 1. The summed E-state index contributed by atoms with van der Waals surface area (Å²) in [6.45, 7) is 2.10. The van der Waals surface area contributed by atoms with Crippen LogP contribution in [0.1, 0.15) is 16.7 Å². The van der Waals surface area contributed by atoms with Crippen LogP contribution in [0.5, 0.6) is 11.5 Å². The first-order valence-corrected chi connectivity index (χ1v) is 10.7. The molecule has 0 bridgehead atoms. The Labute approximate surface area is 192 Å². The van der Waals surface area contributed by atoms with Gasteiger partial charge in [0.15, 0.2) is 0 Å². The molecule has 1 N–H and O–H groups in total. The molecule has 0 fully saturated rings. The van der Waals surface area contributed by atoms with Gasteiger partial charge in [-0.2, -0.15) is 0 Å². The van der Waals surface area contributed by atoms with Crippen LogP contribution in [0.2, 0.25) is 0 Å². The molecule has 0 aliphatic heterocycles. The van der Waals surface area contributed by atoms with E-state index in [2.05, 4.69) is 4.98 Å². The maximum atomic E-state index is 13.4. The number of aromatic nitrogens is 1. The van der Waals surface area contributed by atoms with Crippen LogP contribution in [0.3, 0.4) is 0 Å². The van der Waals surface area contributed by atoms with Crippen molar-refractivity contribution in [3.8, 4) is 11.5 Å². The summed E-state index contributed by atoms with van der Waals surface area (Å²) in [7, 11) is 3.19. The summed E-state index contributed by atoms with van der Waals surface area (Å²) >= 11 is 0. The smallest absolute Gasteiger partial charge is 0.253 e. The van der Waals surface area contributed by atoms with Gasteiger partial charge in [-0.25, -0.2) is 0 Å². The van der Waals surface area contributed by atoms with E-state index in [1.54, 1.807) is 25.2 Å². The average Bonchev–Trinajstić information content (AvgIpc) is 2.83. The van der Waals surface area contributed by atoms with E-state index in [-0.39, 0.29) is 24.4 Å². The first-order chi connectivity index (χ1) is 16.0. The zero-order valence-electron chi connectivity index (χ0n) is 18.9. The minimum absolute atomic E-state index is 0.128. The Bertz CT molecular complexity index is 1340. The van der Waals surface area contributed by atoms with Crippen LogP contribution in [0.25, 0.3) is 10.9 Å². The van der Waals surface area contributed by atoms with Gasteiger partial charge in [0.2, 0.25) is 5.91 Å². The summed E-state index contributed by atoms with van der Waals surface area (Å²) in [5, 5.41) is 0.929. The molecular formula is C27H26N2O4. The maximum Gasteiger partial charge on any atom is 0.253 e. The van der Waals surface area contributed by atoms with Crippen LogP contribution in [-0.2, 0) is 17.8 Å². The lowest BCUT2D eigenvalue weighted by molar-refractivity contribution is -0.118. The zero-order chi connectivity index (χ0) is 23.4. The highest BCUT2D eigenvalue weighted by Crippen LogP contribution is 2.24. The first-order valence-electron chi connectivity index (χ1n) is 10.7. The van der Waals surface area contributed by atoms with E-state index in [4.69, 9.17) is 9.47 Å². The van der Waals surface area contributed by atoms with E-state index in [9.17, 15) is 9.59 Å². The normalized spacial score (nSPS) is 10.8. The van der Waals surface area contributed by atoms with Crippen molar-refractivity contribution in [1.29, 1.82) is 0 Å². The molecule has 0 spiro atoms. The molecule has 0 saturated heterocycles. The Balaban J connectivity index is 1.71. The third-order valence-electron chi connectivity index (χ3n) is 5.67. The van der Waals surface area contributed by atoms with Crippen molar-refractivity contribution in [2.24, 2.45) is 0 Å². The second-order valence-corrected chi connectivity index (χ2v) is 7.87. The number of para-hydroxylation sites is 1. The summed E-state index contributed by atoms with van der Waals surface area (Å²) in [6, 6.07) is 22.4. The topological polar surface area (TPSA) is 71.6 Å². The van der Waals surface area contributed by atoms with E-state index >= 15 is 0 Å². The molecule has 0 unspecified atom stereocenters. The van der Waals surface area contributed by atoms with Crippen LogP contribution < -0.4 is 19.9 Å². The number of nitrogens with one attached hydrogen (secondary N) is 1. The molecule has 6 heteroatoms. The van der Waals surface area contributed by atoms with Crippen molar-refractivity contribution in [1.82, 2.24) is 4.98 Å². The second kappa shape index (κ2) is 9.61. The van der Waals surface area contributed by atoms with Crippen molar-refractivity contribution >= 4 is 22.5 Å². The van der Waals surface area contributed by atoms with Crippen LogP contribution in [0.15, 0.2) is 77.6 Å². The molecule has 0 atom stereocenters. The molecule has 1 heterocycles. The predicted octanol–water partition coefficient (Wildman–Crippen LogP) is 4.63. The number of aryl methyl sites for hydroxylation is 1. The maximum absolute atomic E-state index is 13.4. The first kappa shape index (κ1) is 22.1. The number of methoxy groups -OCH3 is 2. The van der Waals surface area contributed by atoms with Crippen LogP contribution in [0.4, 0.5) is 5.69 Å². The Hall–Kier alpha value is -4.06. The summed E-state index contributed by atoms with van der Waals surface area (Å²) in [6.07, 6.45) is 0.186. The molecular weight excluding hydrogens is 416 g/mol. The summed E-state index contributed by atoms with van der Waals surface area (Å²) in [5.74, 6) is 1.24. The number of hydrogen-bond acceptors (Lipinski definition) is 4. The molecule has 3 aromatic carbocycles. The largest absolute Gasteiger partial charge is 0.497 e. The van der Waals surface area contributed by atoms with E-state index in [1.807, 2.05) is 73.7 Å². The highest BCUT2D eigenvalue weighted by atomic mass is 16.5. The molecule has 1 aromatic heterocycles. The number of carbonyl (C=O) groups excluding carboxylic acids is 1. The highest BCUT2D eigenvalue weighted by Gasteiger charge is 2.19. The van der Waals surface area contributed by atoms with Crippen LogP contribution in [-0.4, -0.2) is 25.1 Å².